The maximum atomic E-state index is 4.19. The van der Waals surface area contributed by atoms with Crippen LogP contribution in [0.1, 0.15) is 18.1 Å². The topological polar surface area (TPSA) is 24.4 Å². The Balaban J connectivity index is 1.96. The lowest BCUT2D eigenvalue weighted by atomic mass is 10.1. The minimum Gasteiger partial charge on any atom is -0.279 e. The van der Waals surface area contributed by atoms with Gasteiger partial charge >= 0.3 is 0 Å². The number of hydrazone groups is 1. The molecule has 17 heavy (non-hydrogen) atoms. The molecule has 0 aliphatic carbocycles. The molecule has 2 heteroatoms. The Morgan fingerprint density at radius 2 is 1.71 bits per heavy atom. The summed E-state index contributed by atoms with van der Waals surface area (Å²) >= 11 is 0. The number of nitrogens with zero attached hydrogens (tertiary/aromatic N) is 1. The Kier molecular flexibility index (Phi) is 3.92. The average molecular weight is 224 g/mol. The van der Waals surface area contributed by atoms with Crippen molar-refractivity contribution in [1.29, 1.82) is 0 Å². The average Bonchev–Trinajstić information content (AvgIpc) is 2.41. The van der Waals surface area contributed by atoms with Crippen molar-refractivity contribution in [3.05, 3.63) is 65.7 Å². The van der Waals surface area contributed by atoms with Crippen LogP contribution in [0, 0.1) is 0 Å². The second-order valence-corrected chi connectivity index (χ2v) is 3.83. The van der Waals surface area contributed by atoms with Gasteiger partial charge in [-0.3, -0.25) is 5.43 Å². The first-order valence-electron chi connectivity index (χ1n) is 5.81. The van der Waals surface area contributed by atoms with Crippen molar-refractivity contribution in [3.63, 3.8) is 0 Å². The Morgan fingerprint density at radius 1 is 1.00 bits per heavy atom. The van der Waals surface area contributed by atoms with Crippen LogP contribution in [-0.2, 0) is 6.42 Å². The molecule has 0 unspecified atom stereocenters. The summed E-state index contributed by atoms with van der Waals surface area (Å²) in [5.41, 5.74) is 6.43. The third-order valence-electron chi connectivity index (χ3n) is 2.57. The molecule has 0 aromatic heterocycles. The predicted octanol–water partition coefficient (Wildman–Crippen LogP) is 3.70. The van der Waals surface area contributed by atoms with Gasteiger partial charge in [0.25, 0.3) is 0 Å². The highest BCUT2D eigenvalue weighted by Gasteiger charge is 1.90. The van der Waals surface area contributed by atoms with Crippen LogP contribution in [0.15, 0.2) is 59.7 Å². The number of rotatable bonds is 4. The second-order valence-electron chi connectivity index (χ2n) is 3.83. The first-order valence-corrected chi connectivity index (χ1v) is 5.81. The highest BCUT2D eigenvalue weighted by Crippen LogP contribution is 2.05. The summed E-state index contributed by atoms with van der Waals surface area (Å²) in [6, 6.07) is 18.3. The second kappa shape index (κ2) is 5.85. The van der Waals surface area contributed by atoms with Gasteiger partial charge in [-0.15, -0.1) is 0 Å². The van der Waals surface area contributed by atoms with Gasteiger partial charge in [0.05, 0.1) is 11.9 Å². The highest BCUT2D eigenvalue weighted by molar-refractivity contribution is 5.80. The molecule has 0 atom stereocenters. The van der Waals surface area contributed by atoms with Crippen LogP contribution in [0.4, 0.5) is 5.69 Å². The summed E-state index contributed by atoms with van der Waals surface area (Å²) < 4.78 is 0. The van der Waals surface area contributed by atoms with E-state index in [-0.39, 0.29) is 0 Å². The summed E-state index contributed by atoms with van der Waals surface area (Å²) in [4.78, 5) is 0. The molecule has 2 nitrogen and oxygen atoms in total. The standard InChI is InChI=1S/C15H16N2/c1-2-13-8-10-14(11-9-13)12-16-17-15-6-4-3-5-7-15/h3-12,17H,2H2,1H3/b16-12-. The van der Waals surface area contributed by atoms with Gasteiger partial charge in [-0.2, -0.15) is 5.10 Å². The van der Waals surface area contributed by atoms with Crippen molar-refractivity contribution in [1.82, 2.24) is 0 Å². The van der Waals surface area contributed by atoms with E-state index >= 15 is 0 Å². The van der Waals surface area contributed by atoms with E-state index in [1.807, 2.05) is 36.5 Å². The lowest BCUT2D eigenvalue weighted by Gasteiger charge is -1.99. The minimum absolute atomic E-state index is 0.994. The van der Waals surface area contributed by atoms with Gasteiger partial charge in [0, 0.05) is 0 Å². The molecule has 0 bridgehead atoms. The third kappa shape index (κ3) is 3.45. The van der Waals surface area contributed by atoms with E-state index in [0.29, 0.717) is 0 Å². The molecule has 2 aromatic carbocycles. The zero-order chi connectivity index (χ0) is 11.9. The first kappa shape index (κ1) is 11.4. The molecule has 0 spiro atoms. The van der Waals surface area contributed by atoms with E-state index < -0.39 is 0 Å². The van der Waals surface area contributed by atoms with E-state index in [2.05, 4.69) is 41.7 Å². The number of benzene rings is 2. The van der Waals surface area contributed by atoms with Crippen molar-refractivity contribution < 1.29 is 0 Å². The van der Waals surface area contributed by atoms with Crippen LogP contribution in [0.5, 0.6) is 0 Å². The van der Waals surface area contributed by atoms with Crippen molar-refractivity contribution in [2.24, 2.45) is 5.10 Å². The van der Waals surface area contributed by atoms with E-state index in [1.54, 1.807) is 0 Å². The molecule has 0 aliphatic heterocycles. The summed E-state index contributed by atoms with van der Waals surface area (Å²) in [6.07, 6.45) is 2.89. The predicted molar refractivity (Wildman–Crippen MR) is 73.5 cm³/mol. The van der Waals surface area contributed by atoms with Gasteiger partial charge in [0.1, 0.15) is 0 Å². The maximum absolute atomic E-state index is 4.19. The molecule has 2 aromatic rings. The van der Waals surface area contributed by atoms with Gasteiger partial charge in [-0.1, -0.05) is 49.4 Å². The molecule has 0 aliphatic rings. The fraction of sp³-hybridized carbons (Fsp3) is 0.133. The Hall–Kier alpha value is -2.09. The molecule has 1 N–H and O–H groups in total. The lowest BCUT2D eigenvalue weighted by molar-refractivity contribution is 1.14. The minimum atomic E-state index is 0.994. The molecule has 86 valence electrons. The zero-order valence-electron chi connectivity index (χ0n) is 9.93. The zero-order valence-corrected chi connectivity index (χ0v) is 9.93. The largest absolute Gasteiger partial charge is 0.279 e. The molecule has 0 radical (unpaired) electrons. The van der Waals surface area contributed by atoms with Crippen LogP contribution in [-0.4, -0.2) is 6.21 Å². The summed E-state index contributed by atoms with van der Waals surface area (Å²) in [6.45, 7) is 2.15. The number of anilines is 1. The van der Waals surface area contributed by atoms with Crippen LogP contribution in [0.3, 0.4) is 0 Å². The van der Waals surface area contributed by atoms with Crippen LogP contribution >= 0.6 is 0 Å². The molecule has 2 rings (SSSR count). The van der Waals surface area contributed by atoms with Gasteiger partial charge in [0.2, 0.25) is 0 Å². The van der Waals surface area contributed by atoms with Crippen LogP contribution in [0.25, 0.3) is 0 Å². The Bertz CT molecular complexity index is 472. The Labute approximate surface area is 102 Å². The van der Waals surface area contributed by atoms with Crippen LogP contribution in [0.2, 0.25) is 0 Å². The van der Waals surface area contributed by atoms with E-state index in [4.69, 9.17) is 0 Å². The third-order valence-corrected chi connectivity index (χ3v) is 2.57. The van der Waals surface area contributed by atoms with Gasteiger partial charge in [0.15, 0.2) is 0 Å². The summed E-state index contributed by atoms with van der Waals surface area (Å²) in [7, 11) is 0. The number of aryl methyl sites for hydroxylation is 1. The van der Waals surface area contributed by atoms with E-state index in [0.717, 1.165) is 17.7 Å². The van der Waals surface area contributed by atoms with E-state index in [1.165, 1.54) is 5.56 Å². The quantitative estimate of drug-likeness (QED) is 0.621. The molecule has 0 heterocycles. The fourth-order valence-electron chi connectivity index (χ4n) is 1.53. The first-order chi connectivity index (χ1) is 8.38. The normalized spacial score (nSPS) is 10.6. The lowest BCUT2D eigenvalue weighted by Crippen LogP contribution is -1.90. The van der Waals surface area contributed by atoms with Gasteiger partial charge in [-0.05, 0) is 29.7 Å². The van der Waals surface area contributed by atoms with E-state index in [9.17, 15) is 0 Å². The molecule has 0 amide bonds. The monoisotopic (exact) mass is 224 g/mol. The SMILES string of the molecule is CCc1ccc(/C=N\Nc2ccccc2)cc1. The van der Waals surface area contributed by atoms with Gasteiger partial charge in [-0.25, -0.2) is 0 Å². The number of hydrogen-bond donors (Lipinski definition) is 1. The summed E-state index contributed by atoms with van der Waals surface area (Å²) in [5, 5.41) is 4.19. The Morgan fingerprint density at radius 3 is 2.35 bits per heavy atom. The molecule has 0 saturated carbocycles. The number of para-hydroxylation sites is 1. The molecule has 0 fully saturated rings. The number of nitrogens with one attached hydrogen (secondary N) is 1. The molecular weight excluding hydrogens is 208 g/mol. The maximum Gasteiger partial charge on any atom is 0.0561 e. The molecular formula is C15H16N2. The van der Waals surface area contributed by atoms with Crippen molar-refractivity contribution >= 4 is 11.9 Å². The number of hydrogen-bond acceptors (Lipinski definition) is 2. The summed E-state index contributed by atoms with van der Waals surface area (Å²) in [5.74, 6) is 0. The fourth-order valence-corrected chi connectivity index (χ4v) is 1.53. The van der Waals surface area contributed by atoms with Crippen molar-refractivity contribution in [2.75, 3.05) is 5.43 Å². The molecule has 0 saturated heterocycles. The van der Waals surface area contributed by atoms with Crippen LogP contribution < -0.4 is 5.43 Å². The highest BCUT2D eigenvalue weighted by atomic mass is 15.3. The smallest absolute Gasteiger partial charge is 0.0561 e. The van der Waals surface area contributed by atoms with Crippen molar-refractivity contribution in [3.8, 4) is 0 Å². The van der Waals surface area contributed by atoms with Gasteiger partial charge < -0.3 is 0 Å². The van der Waals surface area contributed by atoms with Crippen molar-refractivity contribution in [2.45, 2.75) is 13.3 Å².